The molecule has 1 aromatic rings. The van der Waals surface area contributed by atoms with E-state index in [9.17, 15) is 24.0 Å². The third-order valence-corrected chi connectivity index (χ3v) is 10.1. The minimum atomic E-state index is -0.870. The molecule has 1 aromatic carbocycles. The quantitative estimate of drug-likeness (QED) is 0.0528. The standard InChI is InChI=1S/C44H69ClN6O6.C2H4O/c1-32(2)27-39(42(55)51(10)37(31-53)29-34-28-35(45)19-20-38(34)33-21-25-49(8)26-22-33)47-41(54)40(18-14-12-11-13-15-23-48(6)7)50(9)24-16-17-36(30-52)46-43(56)57-44(3,4)5;1-2-3/h16-17,19-21,24,28,30-32,37,39-40H,11-15,18,22-23,25-27,29H2,1-10H3,(H,46,56)(H,47,54);2H,1H3/b24-16-,36-17+;/t37-,39-,40?;/m0./s1. The number of halogens is 1. The van der Waals surface area contributed by atoms with Crippen molar-refractivity contribution in [2.75, 3.05) is 54.9 Å². The van der Waals surface area contributed by atoms with Crippen molar-refractivity contribution in [2.45, 2.75) is 123 Å². The van der Waals surface area contributed by atoms with Crippen molar-refractivity contribution < 1.29 is 33.5 Å². The van der Waals surface area contributed by atoms with Gasteiger partial charge in [-0.05, 0) is 134 Å². The molecule has 0 aromatic heterocycles. The number of nitrogens with zero attached hydrogens (tertiary/aromatic N) is 4. The zero-order chi connectivity index (χ0) is 45.4. The van der Waals surface area contributed by atoms with Gasteiger partial charge in [-0.3, -0.25) is 19.7 Å². The molecule has 0 bridgehead atoms. The summed E-state index contributed by atoms with van der Waals surface area (Å²) in [5, 5.41) is 6.05. The number of alkyl carbamates (subject to hydrolysis) is 1. The first-order valence-corrected chi connectivity index (χ1v) is 21.4. The summed E-state index contributed by atoms with van der Waals surface area (Å²) in [5.41, 5.74) is 2.37. The summed E-state index contributed by atoms with van der Waals surface area (Å²) in [5.74, 6) is -0.593. The molecule has 3 amide bonds. The predicted molar refractivity (Wildman–Crippen MR) is 241 cm³/mol. The molecule has 14 heteroatoms. The van der Waals surface area contributed by atoms with Crippen LogP contribution in [-0.2, 0) is 35.1 Å². The lowest BCUT2D eigenvalue weighted by molar-refractivity contribution is -0.140. The Morgan fingerprint density at radius 2 is 1.65 bits per heavy atom. The van der Waals surface area contributed by atoms with Crippen molar-refractivity contribution in [2.24, 2.45) is 5.92 Å². The number of likely N-dealkylation sites (N-methyl/N-ethyl adjacent to an activating group) is 3. The summed E-state index contributed by atoms with van der Waals surface area (Å²) < 4.78 is 5.25. The van der Waals surface area contributed by atoms with E-state index in [1.807, 2.05) is 32.0 Å². The van der Waals surface area contributed by atoms with Gasteiger partial charge in [0, 0.05) is 38.6 Å². The first-order valence-electron chi connectivity index (χ1n) is 21.1. The van der Waals surface area contributed by atoms with Crippen LogP contribution in [0.1, 0.15) is 104 Å². The van der Waals surface area contributed by atoms with Crippen LogP contribution in [0.2, 0.25) is 5.02 Å². The number of unbranched alkanes of at least 4 members (excludes halogenated alkanes) is 4. The van der Waals surface area contributed by atoms with E-state index in [2.05, 4.69) is 47.7 Å². The molecule has 1 heterocycles. The van der Waals surface area contributed by atoms with Crippen LogP contribution in [0.25, 0.3) is 5.57 Å². The Bertz CT molecular complexity index is 1620. The number of benzene rings is 1. The van der Waals surface area contributed by atoms with Gasteiger partial charge < -0.3 is 39.2 Å². The Morgan fingerprint density at radius 3 is 2.22 bits per heavy atom. The summed E-state index contributed by atoms with van der Waals surface area (Å²) in [6, 6.07) is 3.42. The molecule has 60 heavy (non-hydrogen) atoms. The van der Waals surface area contributed by atoms with Gasteiger partial charge in [-0.25, -0.2) is 4.79 Å². The number of nitrogens with one attached hydrogen (secondary N) is 2. The zero-order valence-electron chi connectivity index (χ0n) is 38.1. The normalized spacial score (nSPS) is 15.0. The highest BCUT2D eigenvalue weighted by Crippen LogP contribution is 2.29. The Kier molecular flexibility index (Phi) is 25.3. The molecular formula is C46H73ClN6O7. The van der Waals surface area contributed by atoms with Gasteiger partial charge in [0.25, 0.3) is 0 Å². The number of rotatable bonds is 23. The third kappa shape index (κ3) is 21.3. The van der Waals surface area contributed by atoms with Crippen molar-refractivity contribution in [3.63, 3.8) is 0 Å². The van der Waals surface area contributed by atoms with Gasteiger partial charge in [-0.15, -0.1) is 0 Å². The van der Waals surface area contributed by atoms with Crippen LogP contribution >= 0.6 is 11.6 Å². The number of hydrogen-bond acceptors (Lipinski definition) is 10. The molecule has 2 rings (SSSR count). The van der Waals surface area contributed by atoms with Crippen molar-refractivity contribution in [1.82, 2.24) is 30.2 Å². The van der Waals surface area contributed by atoms with E-state index in [0.29, 0.717) is 24.2 Å². The third-order valence-electron chi connectivity index (χ3n) is 9.82. The van der Waals surface area contributed by atoms with Crippen molar-refractivity contribution in [3.05, 3.63) is 64.5 Å². The second kappa shape index (κ2) is 28.2. The van der Waals surface area contributed by atoms with Gasteiger partial charge in [-0.1, -0.05) is 63.3 Å². The van der Waals surface area contributed by atoms with Gasteiger partial charge in [0.05, 0.1) is 11.7 Å². The number of ether oxygens (including phenoxy) is 1. The fourth-order valence-corrected chi connectivity index (χ4v) is 6.86. The van der Waals surface area contributed by atoms with Gasteiger partial charge in [0.2, 0.25) is 11.8 Å². The zero-order valence-corrected chi connectivity index (χ0v) is 38.8. The first-order chi connectivity index (χ1) is 28.3. The first kappa shape index (κ1) is 53.7. The van der Waals surface area contributed by atoms with Crippen molar-refractivity contribution in [3.8, 4) is 0 Å². The maximum atomic E-state index is 14.2. The van der Waals surface area contributed by atoms with E-state index in [1.54, 1.807) is 52.0 Å². The molecule has 0 spiro atoms. The summed E-state index contributed by atoms with van der Waals surface area (Å²) >= 11 is 6.45. The van der Waals surface area contributed by atoms with Gasteiger partial charge in [0.1, 0.15) is 30.3 Å². The SMILES string of the molecule is CC(C)C[C@H](NC(=O)C(CCCCCCCN(C)C)N(C)/C=C\C=C(/C=O)NC(=O)OC(C)(C)C)C(=O)N(C)[C@H](C=O)Cc1cc(Cl)ccc1C1=CCN(C)CC1.CC=O. The molecule has 1 aliphatic heterocycles. The molecule has 1 aliphatic rings. The fraction of sp³-hybridized carbons (Fsp3) is 0.609. The lowest BCUT2D eigenvalue weighted by atomic mass is 9.91. The van der Waals surface area contributed by atoms with E-state index in [4.69, 9.17) is 21.1 Å². The lowest BCUT2D eigenvalue weighted by Crippen LogP contribution is -2.55. The van der Waals surface area contributed by atoms with E-state index in [-0.39, 0.29) is 29.9 Å². The number of amides is 3. The maximum absolute atomic E-state index is 14.2. The molecule has 0 aliphatic carbocycles. The number of carbonyl (C=O) groups is 6. The topological polar surface area (TPSA) is 149 Å². The molecular weight excluding hydrogens is 784 g/mol. The second-order valence-corrected chi connectivity index (χ2v) is 17.5. The van der Waals surface area contributed by atoms with Gasteiger partial charge in [-0.2, -0.15) is 0 Å². The van der Waals surface area contributed by atoms with Crippen molar-refractivity contribution >= 4 is 53.9 Å². The molecule has 0 saturated heterocycles. The Labute approximate surface area is 364 Å². The van der Waals surface area contributed by atoms with Gasteiger partial charge >= 0.3 is 6.09 Å². The summed E-state index contributed by atoms with van der Waals surface area (Å²) in [6.07, 6.45) is 15.2. The number of aldehydes is 3. The monoisotopic (exact) mass is 857 g/mol. The molecule has 3 atom stereocenters. The smallest absolute Gasteiger partial charge is 0.412 e. The molecule has 2 N–H and O–H groups in total. The molecule has 0 radical (unpaired) electrons. The van der Waals surface area contributed by atoms with Crippen molar-refractivity contribution in [1.29, 1.82) is 0 Å². The molecule has 336 valence electrons. The van der Waals surface area contributed by atoms with Crippen LogP contribution in [0, 0.1) is 5.92 Å². The van der Waals surface area contributed by atoms with Crippen LogP contribution in [0.5, 0.6) is 0 Å². The second-order valence-electron chi connectivity index (χ2n) is 17.1. The highest BCUT2D eigenvalue weighted by atomic mass is 35.5. The minimum absolute atomic E-state index is 0.00375. The predicted octanol–water partition coefficient (Wildman–Crippen LogP) is 6.69. The summed E-state index contributed by atoms with van der Waals surface area (Å²) in [6.45, 7) is 13.4. The number of carbonyl (C=O) groups excluding carboxylic acids is 6. The average molecular weight is 858 g/mol. The van der Waals surface area contributed by atoms with Crippen LogP contribution < -0.4 is 10.6 Å². The highest BCUT2D eigenvalue weighted by molar-refractivity contribution is 6.30. The van der Waals surface area contributed by atoms with Crippen LogP contribution in [0.4, 0.5) is 4.79 Å². The van der Waals surface area contributed by atoms with E-state index >= 15 is 0 Å². The Balaban J connectivity index is 0.00000581. The summed E-state index contributed by atoms with van der Waals surface area (Å²) in [7, 11) is 9.58. The van der Waals surface area contributed by atoms with Crippen LogP contribution in [-0.4, -0.2) is 135 Å². The molecule has 0 saturated carbocycles. The number of hydrogen-bond donors (Lipinski definition) is 2. The number of allylic oxidation sites excluding steroid dienone is 3. The van der Waals surface area contributed by atoms with E-state index in [1.165, 1.54) is 23.5 Å². The molecule has 13 nitrogen and oxygen atoms in total. The lowest BCUT2D eigenvalue weighted by Gasteiger charge is -2.32. The Hall–Kier alpha value is -4.33. The minimum Gasteiger partial charge on any atom is -0.444 e. The average Bonchev–Trinajstić information content (AvgIpc) is 3.16. The molecule has 0 fully saturated rings. The van der Waals surface area contributed by atoms with Crippen LogP contribution in [0.15, 0.2) is 48.3 Å². The molecule has 1 unspecified atom stereocenters. The Morgan fingerprint density at radius 1 is 1.00 bits per heavy atom. The van der Waals surface area contributed by atoms with E-state index in [0.717, 1.165) is 81.9 Å². The van der Waals surface area contributed by atoms with Crippen LogP contribution in [0.3, 0.4) is 0 Å². The largest absolute Gasteiger partial charge is 0.444 e. The maximum Gasteiger partial charge on any atom is 0.412 e. The van der Waals surface area contributed by atoms with Gasteiger partial charge in [0.15, 0.2) is 6.29 Å². The highest BCUT2D eigenvalue weighted by Gasteiger charge is 2.32. The van der Waals surface area contributed by atoms with E-state index < -0.39 is 29.8 Å². The summed E-state index contributed by atoms with van der Waals surface area (Å²) in [4.78, 5) is 81.4. The fourth-order valence-electron chi connectivity index (χ4n) is 6.67.